The van der Waals surface area contributed by atoms with Gasteiger partial charge in [0.05, 0.1) is 12.3 Å². The van der Waals surface area contributed by atoms with E-state index in [0.29, 0.717) is 17.9 Å². The molecular formula is C70H81F2NO2S. The summed E-state index contributed by atoms with van der Waals surface area (Å²) < 4.78 is 34.2. The van der Waals surface area contributed by atoms with Crippen molar-refractivity contribution in [2.45, 2.75) is 174 Å². The Morgan fingerprint density at radius 3 is 1.63 bits per heavy atom. The molecule has 0 bridgehead atoms. The lowest BCUT2D eigenvalue weighted by atomic mass is 9.70. The molecular weight excluding hydrogens is 957 g/mol. The molecule has 0 fully saturated rings. The van der Waals surface area contributed by atoms with Gasteiger partial charge >= 0.3 is 5.97 Å². The fourth-order valence-electron chi connectivity index (χ4n) is 11.5. The molecule has 0 amide bonds. The second-order valence-electron chi connectivity index (χ2n) is 21.6. The highest BCUT2D eigenvalue weighted by Gasteiger charge is 2.42. The van der Waals surface area contributed by atoms with Gasteiger partial charge in [-0.3, -0.25) is 4.98 Å². The van der Waals surface area contributed by atoms with Crippen LogP contribution in [0.1, 0.15) is 179 Å². The van der Waals surface area contributed by atoms with Crippen LogP contribution >= 0.6 is 11.3 Å². The summed E-state index contributed by atoms with van der Waals surface area (Å²) in [5.41, 5.74) is 15.0. The second-order valence-corrected chi connectivity index (χ2v) is 22.7. The number of nitrogens with zero attached hydrogens (tertiary/aromatic N) is 1. The van der Waals surface area contributed by atoms with E-state index in [0.717, 1.165) is 54.9 Å². The van der Waals surface area contributed by atoms with Gasteiger partial charge in [0.2, 0.25) is 0 Å². The first kappa shape index (κ1) is 56.2. The summed E-state index contributed by atoms with van der Waals surface area (Å²) in [7, 11) is 0. The number of aromatic nitrogens is 1. The number of halogens is 2. The SMILES string of the molecule is C=C(C)C(=O)OCCCCCCCCCCc1ccc(-c2ccc(-c3ccc4c(c3)C(CCCCCCCC)(CCCCCCCC)c3cc(-c5ccc(-c6ccnc(-c7cccc(F)c7F)c6)cc5)ccc3-4)s2)cc1. The first-order chi connectivity index (χ1) is 37.2. The lowest BCUT2D eigenvalue weighted by Crippen LogP contribution is -2.25. The third-order valence-corrected chi connectivity index (χ3v) is 17.1. The van der Waals surface area contributed by atoms with Crippen molar-refractivity contribution in [2.24, 2.45) is 0 Å². The van der Waals surface area contributed by atoms with E-state index >= 15 is 0 Å². The van der Waals surface area contributed by atoms with Gasteiger partial charge in [-0.25, -0.2) is 13.6 Å². The van der Waals surface area contributed by atoms with Gasteiger partial charge in [0.25, 0.3) is 0 Å². The van der Waals surface area contributed by atoms with Crippen LogP contribution in [0.4, 0.5) is 8.78 Å². The van der Waals surface area contributed by atoms with E-state index in [1.54, 1.807) is 19.2 Å². The van der Waals surface area contributed by atoms with E-state index in [1.807, 2.05) is 23.5 Å². The third kappa shape index (κ3) is 14.5. The first-order valence-corrected chi connectivity index (χ1v) is 29.8. The summed E-state index contributed by atoms with van der Waals surface area (Å²) in [6.07, 6.45) is 29.9. The van der Waals surface area contributed by atoms with E-state index in [2.05, 4.69) is 122 Å². The molecule has 398 valence electrons. The summed E-state index contributed by atoms with van der Waals surface area (Å²) in [6, 6.07) is 45.3. The van der Waals surface area contributed by atoms with Crippen LogP contribution in [0.15, 0.2) is 146 Å². The number of benzene rings is 5. The monoisotopic (exact) mass is 1040 g/mol. The largest absolute Gasteiger partial charge is 0.462 e. The van der Waals surface area contributed by atoms with Crippen LogP contribution in [-0.4, -0.2) is 17.6 Å². The standard InChI is InChI=1S/C70H81F2NO2S/c1-5-7-9-11-18-22-44-70(45-23-19-12-10-8-6-2)62-48-56(53-33-35-54(36-34-53)57-43-46-73-65(50-57)61-27-25-28-64(71)68(61)72)37-39-59(62)60-40-38-58(49-63(60)70)67-42-41-66(76-67)55-31-29-52(30-32-55)26-21-17-15-13-14-16-20-24-47-75-69(74)51(3)4/h25,27-43,46,48-50H,3,5-24,26,44-45,47H2,1-2,4H3. The van der Waals surface area contributed by atoms with Crippen molar-refractivity contribution in [2.75, 3.05) is 6.61 Å². The highest BCUT2D eigenvalue weighted by Crippen LogP contribution is 2.56. The van der Waals surface area contributed by atoms with E-state index < -0.39 is 11.6 Å². The number of esters is 1. The summed E-state index contributed by atoms with van der Waals surface area (Å²) in [5.74, 6) is -2.03. The number of fused-ring (bicyclic) bond motifs is 3. The Kier molecular flexibility index (Phi) is 21.0. The van der Waals surface area contributed by atoms with Crippen molar-refractivity contribution >= 4 is 17.3 Å². The number of unbranched alkanes of at least 4 members (excludes halogenated alkanes) is 17. The minimum absolute atomic E-state index is 0.0778. The number of carbonyl (C=O) groups excluding carboxylic acids is 1. The summed E-state index contributed by atoms with van der Waals surface area (Å²) in [5, 5.41) is 0. The van der Waals surface area contributed by atoms with Gasteiger partial charge in [-0.2, -0.15) is 0 Å². The Morgan fingerprint density at radius 1 is 0.526 bits per heavy atom. The lowest BCUT2D eigenvalue weighted by Gasteiger charge is -2.33. The fraction of sp³-hybridized carbons (Fsp3) is 0.400. The van der Waals surface area contributed by atoms with Gasteiger partial charge in [-0.05, 0) is 149 Å². The van der Waals surface area contributed by atoms with Crippen LogP contribution in [0, 0.1) is 11.6 Å². The molecule has 0 radical (unpaired) electrons. The Bertz CT molecular complexity index is 2950. The predicted octanol–water partition coefficient (Wildman–Crippen LogP) is 21.3. The third-order valence-electron chi connectivity index (χ3n) is 15.9. The minimum atomic E-state index is -0.879. The average Bonchev–Trinajstić information content (AvgIpc) is 4.12. The molecule has 0 N–H and O–H groups in total. The van der Waals surface area contributed by atoms with E-state index in [-0.39, 0.29) is 16.9 Å². The number of ether oxygens (including phenoxy) is 1. The maximum atomic E-state index is 14.8. The average molecular weight is 1040 g/mol. The minimum Gasteiger partial charge on any atom is -0.462 e. The maximum Gasteiger partial charge on any atom is 0.333 e. The van der Waals surface area contributed by atoms with E-state index in [9.17, 15) is 13.6 Å². The lowest BCUT2D eigenvalue weighted by molar-refractivity contribution is -0.139. The molecule has 1 aliphatic rings. The van der Waals surface area contributed by atoms with Crippen LogP contribution < -0.4 is 0 Å². The normalized spacial score (nSPS) is 12.4. The van der Waals surface area contributed by atoms with Crippen molar-refractivity contribution in [3.8, 4) is 65.5 Å². The van der Waals surface area contributed by atoms with Gasteiger partial charge in [0.15, 0.2) is 11.6 Å². The maximum absolute atomic E-state index is 14.8. The van der Waals surface area contributed by atoms with Gasteiger partial charge in [0.1, 0.15) is 0 Å². The molecule has 0 saturated heterocycles. The molecule has 2 heterocycles. The fourth-order valence-corrected chi connectivity index (χ4v) is 12.5. The molecule has 0 aliphatic heterocycles. The van der Waals surface area contributed by atoms with Gasteiger partial charge in [-0.15, -0.1) is 11.3 Å². The van der Waals surface area contributed by atoms with Crippen molar-refractivity contribution in [1.82, 2.24) is 4.98 Å². The smallest absolute Gasteiger partial charge is 0.333 e. The van der Waals surface area contributed by atoms with E-state index in [1.165, 1.54) is 176 Å². The highest BCUT2D eigenvalue weighted by molar-refractivity contribution is 7.18. The molecule has 7 aromatic rings. The van der Waals surface area contributed by atoms with Gasteiger partial charge in [0, 0.05) is 32.5 Å². The summed E-state index contributed by atoms with van der Waals surface area (Å²) in [6.45, 7) is 10.4. The molecule has 0 atom stereocenters. The van der Waals surface area contributed by atoms with Crippen LogP contribution in [0.5, 0.6) is 0 Å². The quantitative estimate of drug-likeness (QED) is 0.0247. The molecule has 6 heteroatoms. The van der Waals surface area contributed by atoms with E-state index in [4.69, 9.17) is 4.74 Å². The van der Waals surface area contributed by atoms with Crippen LogP contribution in [0.2, 0.25) is 0 Å². The number of pyridine rings is 1. The number of hydrogen-bond donors (Lipinski definition) is 0. The Hall–Kier alpha value is -5.98. The molecule has 0 unspecified atom stereocenters. The number of carbonyl (C=O) groups is 1. The van der Waals surface area contributed by atoms with Crippen LogP contribution in [0.3, 0.4) is 0 Å². The predicted molar refractivity (Wildman–Crippen MR) is 318 cm³/mol. The molecule has 3 nitrogen and oxygen atoms in total. The number of thiophene rings is 1. The van der Waals surface area contributed by atoms with Crippen molar-refractivity contribution in [3.63, 3.8) is 0 Å². The Balaban J connectivity index is 0.989. The number of aryl methyl sites for hydroxylation is 1. The van der Waals surface area contributed by atoms with Crippen molar-refractivity contribution < 1.29 is 18.3 Å². The molecule has 76 heavy (non-hydrogen) atoms. The Labute approximate surface area is 458 Å². The van der Waals surface area contributed by atoms with Gasteiger partial charge in [-0.1, -0.05) is 215 Å². The molecule has 8 rings (SSSR count). The van der Waals surface area contributed by atoms with Crippen molar-refractivity contribution in [1.29, 1.82) is 0 Å². The molecule has 5 aromatic carbocycles. The van der Waals surface area contributed by atoms with Crippen molar-refractivity contribution in [3.05, 3.63) is 174 Å². The highest BCUT2D eigenvalue weighted by atomic mass is 32.1. The molecule has 1 aliphatic carbocycles. The first-order valence-electron chi connectivity index (χ1n) is 29.0. The van der Waals surface area contributed by atoms with Crippen LogP contribution in [0.25, 0.3) is 65.5 Å². The second kappa shape index (κ2) is 28.4. The summed E-state index contributed by atoms with van der Waals surface area (Å²) in [4.78, 5) is 18.6. The zero-order chi connectivity index (χ0) is 53.1. The zero-order valence-electron chi connectivity index (χ0n) is 45.8. The number of hydrogen-bond acceptors (Lipinski definition) is 4. The number of rotatable bonds is 31. The molecule has 2 aromatic heterocycles. The zero-order valence-corrected chi connectivity index (χ0v) is 46.6. The van der Waals surface area contributed by atoms with Crippen LogP contribution in [-0.2, 0) is 21.4 Å². The molecule has 0 saturated carbocycles. The topological polar surface area (TPSA) is 39.2 Å². The Morgan fingerprint density at radius 2 is 1.03 bits per heavy atom. The van der Waals surface area contributed by atoms with Gasteiger partial charge < -0.3 is 4.74 Å². The molecule has 0 spiro atoms. The summed E-state index contributed by atoms with van der Waals surface area (Å²) >= 11 is 1.91.